The number of hydrogen-bond acceptors (Lipinski definition) is 5. The number of fused-ring (bicyclic) bond motifs is 1. The predicted octanol–water partition coefficient (Wildman–Crippen LogP) is 2.53. The van der Waals surface area contributed by atoms with Gasteiger partial charge in [-0.3, -0.25) is 14.5 Å². The highest BCUT2D eigenvalue weighted by molar-refractivity contribution is 7.15. The summed E-state index contributed by atoms with van der Waals surface area (Å²) >= 11 is 7.06. The van der Waals surface area contributed by atoms with E-state index in [9.17, 15) is 9.59 Å². The van der Waals surface area contributed by atoms with Gasteiger partial charge in [0.05, 0.1) is 24.9 Å². The molecule has 3 rings (SSSR count). The summed E-state index contributed by atoms with van der Waals surface area (Å²) in [6.45, 7) is 0.273. The lowest BCUT2D eigenvalue weighted by Crippen LogP contribution is -2.28. The van der Waals surface area contributed by atoms with Gasteiger partial charge in [-0.15, -0.1) is 11.3 Å². The maximum absolute atomic E-state index is 12.1. The number of anilines is 1. The van der Waals surface area contributed by atoms with E-state index in [1.165, 1.54) is 23.3 Å². The zero-order chi connectivity index (χ0) is 14.3. The topological polar surface area (TPSA) is 59.5 Å². The Labute approximate surface area is 123 Å². The molecule has 0 saturated carbocycles. The zero-order valence-electron chi connectivity index (χ0n) is 10.4. The van der Waals surface area contributed by atoms with Gasteiger partial charge in [-0.25, -0.2) is 4.98 Å². The van der Waals surface area contributed by atoms with Gasteiger partial charge in [-0.05, 0) is 12.1 Å². The van der Waals surface area contributed by atoms with Crippen molar-refractivity contribution in [3.05, 3.63) is 39.3 Å². The van der Waals surface area contributed by atoms with Crippen molar-refractivity contribution in [1.82, 2.24) is 4.98 Å². The van der Waals surface area contributed by atoms with Crippen LogP contribution in [0.15, 0.2) is 24.4 Å². The summed E-state index contributed by atoms with van der Waals surface area (Å²) in [5, 5.41) is 0. The molecule has 0 radical (unpaired) electrons. The summed E-state index contributed by atoms with van der Waals surface area (Å²) in [5.41, 5.74) is 0.954. The van der Waals surface area contributed by atoms with Crippen molar-refractivity contribution in [3.63, 3.8) is 0 Å². The second-order valence-electron chi connectivity index (χ2n) is 4.18. The van der Waals surface area contributed by atoms with E-state index < -0.39 is 11.7 Å². The van der Waals surface area contributed by atoms with Crippen LogP contribution in [0.5, 0.6) is 5.75 Å². The number of rotatable bonds is 3. The van der Waals surface area contributed by atoms with Crippen LogP contribution < -0.4 is 9.64 Å². The van der Waals surface area contributed by atoms with Gasteiger partial charge in [0.1, 0.15) is 5.75 Å². The predicted molar refractivity (Wildman–Crippen MR) is 75.6 cm³/mol. The molecule has 5 nitrogen and oxygen atoms in total. The Morgan fingerprint density at radius 1 is 1.40 bits per heavy atom. The monoisotopic (exact) mass is 308 g/mol. The Kier molecular flexibility index (Phi) is 3.19. The number of amides is 1. The van der Waals surface area contributed by atoms with Gasteiger partial charge in [0.25, 0.3) is 11.7 Å². The lowest BCUT2D eigenvalue weighted by atomic mass is 10.1. The summed E-state index contributed by atoms with van der Waals surface area (Å²) in [5.74, 6) is -0.449. The first-order chi connectivity index (χ1) is 9.60. The van der Waals surface area contributed by atoms with Crippen LogP contribution in [0.2, 0.25) is 4.47 Å². The molecule has 1 aliphatic heterocycles. The van der Waals surface area contributed by atoms with Crippen LogP contribution in [0.25, 0.3) is 0 Å². The van der Waals surface area contributed by atoms with E-state index >= 15 is 0 Å². The van der Waals surface area contributed by atoms with E-state index in [4.69, 9.17) is 16.3 Å². The lowest BCUT2D eigenvalue weighted by Gasteiger charge is -2.15. The molecule has 0 saturated heterocycles. The summed E-state index contributed by atoms with van der Waals surface area (Å²) in [6.07, 6.45) is 1.60. The molecule has 1 aromatic heterocycles. The van der Waals surface area contributed by atoms with Crippen molar-refractivity contribution >= 4 is 40.3 Å². The Hall–Kier alpha value is -1.92. The molecular weight excluding hydrogens is 300 g/mol. The lowest BCUT2D eigenvalue weighted by molar-refractivity contribution is -0.114. The number of methoxy groups -OCH3 is 1. The highest BCUT2D eigenvalue weighted by atomic mass is 35.5. The minimum absolute atomic E-state index is 0.273. The van der Waals surface area contributed by atoms with Gasteiger partial charge in [-0.1, -0.05) is 11.6 Å². The molecule has 2 aromatic rings. The third-order valence-corrected chi connectivity index (χ3v) is 4.12. The van der Waals surface area contributed by atoms with Gasteiger partial charge in [0.15, 0.2) is 4.47 Å². The molecule has 0 fully saturated rings. The second kappa shape index (κ2) is 4.88. The minimum atomic E-state index is -0.544. The van der Waals surface area contributed by atoms with Crippen LogP contribution in [0.4, 0.5) is 5.69 Å². The Bertz CT molecular complexity index is 713. The number of ether oxygens (including phenoxy) is 1. The minimum Gasteiger partial charge on any atom is -0.497 e. The molecule has 1 aromatic carbocycles. The maximum atomic E-state index is 12.1. The fraction of sp³-hybridized carbons (Fsp3) is 0.154. The molecule has 1 aliphatic rings. The SMILES string of the molecule is COc1ccc2c(c1)N(Cc1cnc(Cl)s1)C(=O)C2=O. The number of benzene rings is 1. The summed E-state index contributed by atoms with van der Waals surface area (Å²) in [7, 11) is 1.54. The molecule has 0 spiro atoms. The normalized spacial score (nSPS) is 13.8. The third-order valence-electron chi connectivity index (χ3n) is 3.02. The smallest absolute Gasteiger partial charge is 0.299 e. The Morgan fingerprint density at radius 3 is 2.85 bits per heavy atom. The summed E-state index contributed by atoms with van der Waals surface area (Å²) in [6, 6.07) is 4.95. The van der Waals surface area contributed by atoms with E-state index in [0.717, 1.165) is 4.88 Å². The van der Waals surface area contributed by atoms with Crippen molar-refractivity contribution in [3.8, 4) is 5.75 Å². The number of ketones is 1. The molecule has 0 atom stereocenters. The molecule has 1 amide bonds. The summed E-state index contributed by atoms with van der Waals surface area (Å²) < 4.78 is 5.54. The van der Waals surface area contributed by atoms with E-state index in [-0.39, 0.29) is 6.54 Å². The second-order valence-corrected chi connectivity index (χ2v) is 5.88. The van der Waals surface area contributed by atoms with Crippen molar-refractivity contribution in [2.45, 2.75) is 6.54 Å². The first-order valence-corrected chi connectivity index (χ1v) is 6.94. The van der Waals surface area contributed by atoms with Crippen LogP contribution in [0, 0.1) is 0 Å². The van der Waals surface area contributed by atoms with E-state index in [1.807, 2.05) is 0 Å². The first-order valence-electron chi connectivity index (χ1n) is 5.74. The molecule has 0 unspecified atom stereocenters. The molecule has 20 heavy (non-hydrogen) atoms. The average molecular weight is 309 g/mol. The van der Waals surface area contributed by atoms with Crippen molar-refractivity contribution < 1.29 is 14.3 Å². The van der Waals surface area contributed by atoms with Gasteiger partial charge in [-0.2, -0.15) is 0 Å². The van der Waals surface area contributed by atoms with Crippen molar-refractivity contribution in [1.29, 1.82) is 0 Å². The van der Waals surface area contributed by atoms with Gasteiger partial charge in [0, 0.05) is 17.1 Å². The van der Waals surface area contributed by atoms with Crippen LogP contribution >= 0.6 is 22.9 Å². The van der Waals surface area contributed by atoms with Gasteiger partial charge >= 0.3 is 0 Å². The molecule has 7 heteroatoms. The quantitative estimate of drug-likeness (QED) is 0.818. The molecule has 0 aliphatic carbocycles. The maximum Gasteiger partial charge on any atom is 0.299 e. The number of hydrogen-bond donors (Lipinski definition) is 0. The highest BCUT2D eigenvalue weighted by Gasteiger charge is 2.36. The highest BCUT2D eigenvalue weighted by Crippen LogP contribution is 2.34. The number of carbonyl (C=O) groups is 2. The Balaban J connectivity index is 2.00. The van der Waals surface area contributed by atoms with Crippen molar-refractivity contribution in [2.24, 2.45) is 0 Å². The van der Waals surface area contributed by atoms with Crippen LogP contribution in [-0.4, -0.2) is 23.8 Å². The zero-order valence-corrected chi connectivity index (χ0v) is 12.0. The van der Waals surface area contributed by atoms with E-state index in [0.29, 0.717) is 21.5 Å². The third kappa shape index (κ3) is 2.07. The number of Topliss-reactive ketones (excluding diaryl/α,β-unsaturated/α-hetero) is 1. The summed E-state index contributed by atoms with van der Waals surface area (Å²) in [4.78, 5) is 30.2. The molecular formula is C13H9ClN2O3S. The number of halogens is 1. The largest absolute Gasteiger partial charge is 0.497 e. The number of thiazole rings is 1. The van der Waals surface area contributed by atoms with E-state index in [1.54, 1.807) is 24.4 Å². The van der Waals surface area contributed by atoms with Crippen LogP contribution in [-0.2, 0) is 11.3 Å². The molecule has 102 valence electrons. The number of carbonyl (C=O) groups excluding carboxylic acids is 2. The van der Waals surface area contributed by atoms with Crippen LogP contribution in [0.3, 0.4) is 0 Å². The number of aromatic nitrogens is 1. The fourth-order valence-corrected chi connectivity index (χ4v) is 3.04. The first kappa shape index (κ1) is 13.1. The molecule has 0 bridgehead atoms. The number of nitrogens with zero attached hydrogens (tertiary/aromatic N) is 2. The Morgan fingerprint density at radius 2 is 2.20 bits per heavy atom. The van der Waals surface area contributed by atoms with Gasteiger partial charge in [0.2, 0.25) is 0 Å². The van der Waals surface area contributed by atoms with Crippen LogP contribution in [0.1, 0.15) is 15.2 Å². The fourth-order valence-electron chi connectivity index (χ4n) is 2.07. The molecule has 0 N–H and O–H groups in total. The van der Waals surface area contributed by atoms with E-state index in [2.05, 4.69) is 4.98 Å². The van der Waals surface area contributed by atoms with Crippen molar-refractivity contribution in [2.75, 3.05) is 12.0 Å². The standard InChI is InChI=1S/C13H9ClN2O3S/c1-19-7-2-3-9-10(4-7)16(12(18)11(9)17)6-8-5-15-13(14)20-8/h2-5H,6H2,1H3. The van der Waals surface area contributed by atoms with Gasteiger partial charge < -0.3 is 4.74 Å². The average Bonchev–Trinajstić information content (AvgIpc) is 2.96. The molecule has 2 heterocycles.